The first-order valence-corrected chi connectivity index (χ1v) is 10.2. The fraction of sp³-hybridized carbons (Fsp3) is 0.550. The van der Waals surface area contributed by atoms with Gasteiger partial charge in [-0.05, 0) is 23.6 Å². The number of benzene rings is 1. The molecule has 0 saturated heterocycles. The fourth-order valence-corrected chi connectivity index (χ4v) is 3.29. The van der Waals surface area contributed by atoms with Crippen molar-refractivity contribution < 1.29 is 14.3 Å². The summed E-state index contributed by atoms with van der Waals surface area (Å²) in [5.41, 5.74) is 1.10. The van der Waals surface area contributed by atoms with Crippen LogP contribution < -0.4 is 15.0 Å². The maximum atomic E-state index is 12.1. The summed E-state index contributed by atoms with van der Waals surface area (Å²) in [5, 5.41) is 3.76. The number of hydrogen-bond donors (Lipinski definition) is 1. The number of nitrogens with zero attached hydrogens (tertiary/aromatic N) is 3. The SMILES string of the molecule is COCCN(CCC(=O)NCC(C)C)c1nc(Cc2cccc(OC)c2)ns1. The number of amides is 1. The zero-order valence-corrected chi connectivity index (χ0v) is 17.9. The Balaban J connectivity index is 1.98. The summed E-state index contributed by atoms with van der Waals surface area (Å²) in [6.07, 6.45) is 1.06. The van der Waals surface area contributed by atoms with Crippen LogP contribution in [0.4, 0.5) is 5.13 Å². The summed E-state index contributed by atoms with van der Waals surface area (Å²) in [4.78, 5) is 18.8. The van der Waals surface area contributed by atoms with Crippen molar-refractivity contribution in [3.8, 4) is 5.75 Å². The molecule has 0 bridgehead atoms. The number of hydrogen-bond acceptors (Lipinski definition) is 7. The monoisotopic (exact) mass is 406 g/mol. The Morgan fingerprint density at radius 2 is 2.11 bits per heavy atom. The van der Waals surface area contributed by atoms with Crippen LogP contribution in [0.2, 0.25) is 0 Å². The normalized spacial score (nSPS) is 10.9. The zero-order valence-electron chi connectivity index (χ0n) is 17.1. The summed E-state index contributed by atoms with van der Waals surface area (Å²) >= 11 is 1.35. The number of anilines is 1. The van der Waals surface area contributed by atoms with Crippen LogP contribution in [0.25, 0.3) is 0 Å². The van der Waals surface area contributed by atoms with Gasteiger partial charge in [0.05, 0.1) is 13.7 Å². The van der Waals surface area contributed by atoms with Crippen LogP contribution in [0.1, 0.15) is 31.7 Å². The Kier molecular flexibility index (Phi) is 9.16. The molecule has 1 N–H and O–H groups in total. The second-order valence-electron chi connectivity index (χ2n) is 6.95. The molecule has 0 radical (unpaired) electrons. The van der Waals surface area contributed by atoms with Crippen molar-refractivity contribution in [1.29, 1.82) is 0 Å². The molecule has 1 amide bonds. The molecule has 0 atom stereocenters. The third-order valence-corrected chi connectivity index (χ3v) is 4.92. The highest BCUT2D eigenvalue weighted by Crippen LogP contribution is 2.20. The second kappa shape index (κ2) is 11.6. The highest BCUT2D eigenvalue weighted by Gasteiger charge is 2.15. The Labute approximate surface area is 171 Å². The molecule has 1 heterocycles. The number of carbonyl (C=O) groups excluding carboxylic acids is 1. The first-order valence-electron chi connectivity index (χ1n) is 9.48. The summed E-state index contributed by atoms with van der Waals surface area (Å²) in [6.45, 7) is 6.67. The molecule has 1 aromatic carbocycles. The van der Waals surface area contributed by atoms with Gasteiger partial charge in [0.2, 0.25) is 11.0 Å². The van der Waals surface area contributed by atoms with E-state index in [0.717, 1.165) is 22.3 Å². The molecule has 0 fully saturated rings. The van der Waals surface area contributed by atoms with E-state index >= 15 is 0 Å². The van der Waals surface area contributed by atoms with E-state index in [0.29, 0.717) is 45.0 Å². The summed E-state index contributed by atoms with van der Waals surface area (Å²) < 4.78 is 15.0. The second-order valence-corrected chi connectivity index (χ2v) is 7.68. The molecular formula is C20H30N4O3S. The number of aromatic nitrogens is 2. The predicted octanol–water partition coefficient (Wildman–Crippen LogP) is 2.75. The largest absolute Gasteiger partial charge is 0.497 e. The van der Waals surface area contributed by atoms with Gasteiger partial charge >= 0.3 is 0 Å². The molecule has 0 aliphatic heterocycles. The van der Waals surface area contributed by atoms with Crippen molar-refractivity contribution in [3.63, 3.8) is 0 Å². The van der Waals surface area contributed by atoms with E-state index in [9.17, 15) is 4.79 Å². The van der Waals surface area contributed by atoms with Gasteiger partial charge < -0.3 is 19.7 Å². The third kappa shape index (κ3) is 7.44. The molecular weight excluding hydrogens is 376 g/mol. The lowest BCUT2D eigenvalue weighted by Gasteiger charge is -2.20. The standard InChI is InChI=1S/C20H30N4O3S/c1-15(2)14-21-19(25)8-9-24(10-11-26-3)20-22-18(23-28-20)13-16-6-5-7-17(12-16)27-4/h5-7,12,15H,8-11,13-14H2,1-4H3,(H,21,25). The predicted molar refractivity (Wildman–Crippen MR) is 112 cm³/mol. The van der Waals surface area contributed by atoms with Crippen molar-refractivity contribution in [3.05, 3.63) is 35.7 Å². The van der Waals surface area contributed by atoms with E-state index < -0.39 is 0 Å². The fourth-order valence-electron chi connectivity index (χ4n) is 2.56. The molecule has 0 aliphatic carbocycles. The lowest BCUT2D eigenvalue weighted by molar-refractivity contribution is -0.121. The van der Waals surface area contributed by atoms with Crippen molar-refractivity contribution in [1.82, 2.24) is 14.7 Å². The lowest BCUT2D eigenvalue weighted by atomic mass is 10.1. The lowest BCUT2D eigenvalue weighted by Crippen LogP contribution is -2.34. The minimum absolute atomic E-state index is 0.0530. The Morgan fingerprint density at radius 3 is 2.82 bits per heavy atom. The van der Waals surface area contributed by atoms with Gasteiger partial charge in [-0.3, -0.25) is 4.79 Å². The summed E-state index contributed by atoms with van der Waals surface area (Å²) in [5.74, 6) is 2.08. The van der Waals surface area contributed by atoms with E-state index in [4.69, 9.17) is 9.47 Å². The van der Waals surface area contributed by atoms with Crippen molar-refractivity contribution in [2.45, 2.75) is 26.7 Å². The van der Waals surface area contributed by atoms with Crippen LogP contribution in [0.3, 0.4) is 0 Å². The van der Waals surface area contributed by atoms with Crippen LogP contribution in [0, 0.1) is 5.92 Å². The maximum absolute atomic E-state index is 12.1. The average molecular weight is 407 g/mol. The topological polar surface area (TPSA) is 76.6 Å². The Morgan fingerprint density at radius 1 is 1.29 bits per heavy atom. The van der Waals surface area contributed by atoms with Crippen LogP contribution >= 0.6 is 11.5 Å². The number of carbonyl (C=O) groups is 1. The van der Waals surface area contributed by atoms with Crippen LogP contribution in [0.5, 0.6) is 5.75 Å². The molecule has 8 heteroatoms. The molecule has 0 aliphatic rings. The van der Waals surface area contributed by atoms with Gasteiger partial charge in [0.1, 0.15) is 11.6 Å². The maximum Gasteiger partial charge on any atom is 0.221 e. The number of rotatable bonds is 12. The number of methoxy groups -OCH3 is 2. The molecule has 7 nitrogen and oxygen atoms in total. The molecule has 0 unspecified atom stereocenters. The summed E-state index contributed by atoms with van der Waals surface area (Å²) in [7, 11) is 3.32. The van der Waals surface area contributed by atoms with Gasteiger partial charge in [-0.25, -0.2) is 4.98 Å². The molecule has 2 aromatic rings. The van der Waals surface area contributed by atoms with Gasteiger partial charge in [-0.1, -0.05) is 26.0 Å². The Bertz CT molecular complexity index is 736. The smallest absolute Gasteiger partial charge is 0.221 e. The highest BCUT2D eigenvalue weighted by atomic mass is 32.1. The number of nitrogens with one attached hydrogen (secondary N) is 1. The molecule has 154 valence electrons. The van der Waals surface area contributed by atoms with Gasteiger partial charge in [0, 0.05) is 51.1 Å². The molecule has 0 saturated carbocycles. The van der Waals surface area contributed by atoms with E-state index in [2.05, 4.69) is 33.4 Å². The first kappa shape index (κ1) is 22.1. The molecule has 0 spiro atoms. The molecule has 2 rings (SSSR count). The minimum Gasteiger partial charge on any atom is -0.497 e. The third-order valence-electron chi connectivity index (χ3n) is 4.11. The summed E-state index contributed by atoms with van der Waals surface area (Å²) in [6, 6.07) is 7.90. The molecule has 1 aromatic heterocycles. The van der Waals surface area contributed by atoms with Gasteiger partial charge in [0.15, 0.2) is 0 Å². The van der Waals surface area contributed by atoms with E-state index in [1.54, 1.807) is 14.2 Å². The van der Waals surface area contributed by atoms with E-state index in [1.807, 2.05) is 24.3 Å². The van der Waals surface area contributed by atoms with Crippen molar-refractivity contribution in [2.24, 2.45) is 5.92 Å². The van der Waals surface area contributed by atoms with Crippen molar-refractivity contribution in [2.75, 3.05) is 45.4 Å². The van der Waals surface area contributed by atoms with Crippen LogP contribution in [-0.2, 0) is 16.0 Å². The van der Waals surface area contributed by atoms with Crippen molar-refractivity contribution >= 4 is 22.6 Å². The minimum atomic E-state index is 0.0530. The van der Waals surface area contributed by atoms with Gasteiger partial charge in [0.25, 0.3) is 0 Å². The van der Waals surface area contributed by atoms with Gasteiger partial charge in [-0.2, -0.15) is 4.37 Å². The number of ether oxygens (including phenoxy) is 2. The van der Waals surface area contributed by atoms with E-state index in [1.165, 1.54) is 11.5 Å². The first-order chi connectivity index (χ1) is 13.5. The Hall–Kier alpha value is -2.19. The van der Waals surface area contributed by atoms with Crippen LogP contribution in [-0.4, -0.2) is 55.7 Å². The van der Waals surface area contributed by atoms with E-state index in [-0.39, 0.29) is 5.91 Å². The quantitative estimate of drug-likeness (QED) is 0.584. The van der Waals surface area contributed by atoms with Gasteiger partial charge in [-0.15, -0.1) is 0 Å². The molecule has 28 heavy (non-hydrogen) atoms. The average Bonchev–Trinajstić information content (AvgIpc) is 3.14. The highest BCUT2D eigenvalue weighted by molar-refractivity contribution is 7.09. The van der Waals surface area contributed by atoms with Crippen LogP contribution in [0.15, 0.2) is 24.3 Å². The zero-order chi connectivity index (χ0) is 20.4.